The maximum absolute atomic E-state index is 14.4. The topological polar surface area (TPSA) is 41.0 Å². The first kappa shape index (κ1) is 20.2. The molecule has 4 aromatic rings. The summed E-state index contributed by atoms with van der Waals surface area (Å²) >= 11 is 3.00. The minimum atomic E-state index is -0.316. The summed E-state index contributed by atoms with van der Waals surface area (Å²) < 4.78 is 15.2. The van der Waals surface area contributed by atoms with Crippen LogP contribution >= 0.6 is 22.7 Å². The highest BCUT2D eigenvalue weighted by Crippen LogP contribution is 2.32. The summed E-state index contributed by atoms with van der Waals surface area (Å²) in [6.07, 6.45) is 5.99. The van der Waals surface area contributed by atoms with E-state index in [1.165, 1.54) is 43.7 Å². The van der Waals surface area contributed by atoms with Crippen molar-refractivity contribution in [2.75, 3.05) is 18.4 Å². The number of halogens is 1. The average Bonchev–Trinajstić information content (AvgIpc) is 3.41. The van der Waals surface area contributed by atoms with Crippen molar-refractivity contribution < 1.29 is 4.39 Å². The molecule has 0 aliphatic carbocycles. The fraction of sp³-hybridized carbons (Fsp3) is 0.364. The number of piperidine rings is 1. The molecule has 1 aromatic carbocycles. The number of pyridine rings is 1. The van der Waals surface area contributed by atoms with Crippen molar-refractivity contribution in [2.45, 2.75) is 39.2 Å². The van der Waals surface area contributed by atoms with Crippen molar-refractivity contribution in [2.24, 2.45) is 0 Å². The van der Waals surface area contributed by atoms with E-state index in [2.05, 4.69) is 34.0 Å². The van der Waals surface area contributed by atoms with Crippen LogP contribution in [-0.4, -0.2) is 34.0 Å². The lowest BCUT2D eigenvalue weighted by Crippen LogP contribution is -2.36. The zero-order valence-corrected chi connectivity index (χ0v) is 18.3. The number of nitrogens with one attached hydrogen (secondary N) is 1. The highest BCUT2D eigenvalue weighted by atomic mass is 32.1. The van der Waals surface area contributed by atoms with E-state index in [1.54, 1.807) is 29.1 Å². The number of hydrogen-bond donors (Lipinski definition) is 1. The molecule has 1 aliphatic heterocycles. The zero-order valence-electron chi connectivity index (χ0n) is 16.7. The molecule has 0 saturated carbocycles. The van der Waals surface area contributed by atoms with Crippen LogP contribution in [-0.2, 0) is 0 Å². The van der Waals surface area contributed by atoms with Gasteiger partial charge in [0.2, 0.25) is 0 Å². The van der Waals surface area contributed by atoms with Crippen LogP contribution in [0.25, 0.3) is 20.4 Å². The Kier molecular flexibility index (Phi) is 6.37. The third-order valence-corrected chi connectivity index (χ3v) is 7.04. The third kappa shape index (κ3) is 4.42. The van der Waals surface area contributed by atoms with Crippen molar-refractivity contribution in [3.05, 3.63) is 47.2 Å². The lowest BCUT2D eigenvalue weighted by atomic mass is 10.0. The minimum Gasteiger partial charge on any atom is -0.352 e. The molecule has 1 aliphatic rings. The Bertz CT molecular complexity index is 1090. The Morgan fingerprint density at radius 1 is 1.14 bits per heavy atom. The van der Waals surface area contributed by atoms with Crippen LogP contribution in [0.2, 0.25) is 0 Å². The van der Waals surface area contributed by atoms with Crippen molar-refractivity contribution in [1.29, 1.82) is 0 Å². The number of thiophene rings is 1. The highest BCUT2D eigenvalue weighted by Gasteiger charge is 2.15. The molecule has 0 bridgehead atoms. The molecule has 1 N–H and O–H groups in total. The normalized spacial score (nSPS) is 17.3. The van der Waals surface area contributed by atoms with E-state index in [4.69, 9.17) is 0 Å². The standard InChI is InChI=1S/C14H8FN3S2.C8H17N/c15-12-10(1-2-11-13(12)17-7-20-11)18-9-3-5-16-14-8(9)4-6-19-14;1-3-9-7-5-4-6-8(9)2/h1-7H,(H,16,18);8H,3-7H2,1-2H3. The van der Waals surface area contributed by atoms with E-state index in [0.717, 1.165) is 26.6 Å². The number of anilines is 2. The summed E-state index contributed by atoms with van der Waals surface area (Å²) in [5, 5.41) is 6.11. The molecule has 1 unspecified atom stereocenters. The second-order valence-electron chi connectivity index (χ2n) is 7.22. The number of benzene rings is 1. The molecule has 1 fully saturated rings. The van der Waals surface area contributed by atoms with E-state index in [0.29, 0.717) is 11.2 Å². The Morgan fingerprint density at radius 2 is 2.03 bits per heavy atom. The van der Waals surface area contributed by atoms with E-state index in [9.17, 15) is 4.39 Å². The van der Waals surface area contributed by atoms with Gasteiger partial charge in [-0.1, -0.05) is 13.3 Å². The molecule has 1 atom stereocenters. The SMILES string of the molecule is CCN1CCCCC1C.Fc1c(Nc2ccnc3sccc23)ccc2scnc12. The maximum atomic E-state index is 14.4. The molecule has 1 saturated heterocycles. The summed E-state index contributed by atoms with van der Waals surface area (Å²) in [7, 11) is 0. The molecule has 152 valence electrons. The van der Waals surface area contributed by atoms with Gasteiger partial charge in [0.05, 0.1) is 21.6 Å². The third-order valence-electron chi connectivity index (χ3n) is 5.42. The van der Waals surface area contributed by atoms with Crippen LogP contribution in [0.5, 0.6) is 0 Å². The van der Waals surface area contributed by atoms with Gasteiger partial charge in [-0.25, -0.2) is 14.4 Å². The maximum Gasteiger partial charge on any atom is 0.173 e. The van der Waals surface area contributed by atoms with Gasteiger partial charge in [0, 0.05) is 17.6 Å². The summed E-state index contributed by atoms with van der Waals surface area (Å²) in [6.45, 7) is 7.16. The number of likely N-dealkylation sites (tertiary alicyclic amines) is 1. The highest BCUT2D eigenvalue weighted by molar-refractivity contribution is 7.17. The minimum absolute atomic E-state index is 0.316. The number of hydrogen-bond acceptors (Lipinski definition) is 6. The molecule has 0 radical (unpaired) electrons. The molecular formula is C22H25FN4S2. The van der Waals surface area contributed by atoms with Gasteiger partial charge in [-0.15, -0.1) is 22.7 Å². The Labute approximate surface area is 178 Å². The summed E-state index contributed by atoms with van der Waals surface area (Å²) in [6, 6.07) is 8.30. The number of fused-ring (bicyclic) bond motifs is 2. The second kappa shape index (κ2) is 9.15. The van der Waals surface area contributed by atoms with Gasteiger partial charge in [-0.05, 0) is 62.5 Å². The molecule has 4 heterocycles. The predicted molar refractivity (Wildman–Crippen MR) is 123 cm³/mol. The molecule has 0 spiro atoms. The molecule has 0 amide bonds. The molecule has 4 nitrogen and oxygen atoms in total. The predicted octanol–water partition coefficient (Wildman–Crippen LogP) is 6.67. The number of thiazole rings is 1. The van der Waals surface area contributed by atoms with Crippen molar-refractivity contribution >= 4 is 54.5 Å². The van der Waals surface area contributed by atoms with Crippen LogP contribution in [0.3, 0.4) is 0 Å². The molecule has 3 aromatic heterocycles. The first-order valence-corrected chi connectivity index (χ1v) is 11.8. The number of nitrogens with zero attached hydrogens (tertiary/aromatic N) is 3. The zero-order chi connectivity index (χ0) is 20.2. The number of rotatable bonds is 3. The molecule has 29 heavy (non-hydrogen) atoms. The fourth-order valence-corrected chi connectivity index (χ4v) is 5.18. The van der Waals surface area contributed by atoms with Crippen molar-refractivity contribution in [3.8, 4) is 0 Å². The Balaban J connectivity index is 0.000000192. The Morgan fingerprint density at radius 3 is 2.83 bits per heavy atom. The quantitative estimate of drug-likeness (QED) is 0.396. The Hall–Kier alpha value is -2.09. The van der Waals surface area contributed by atoms with Gasteiger partial charge in [-0.3, -0.25) is 0 Å². The van der Waals surface area contributed by atoms with Crippen LogP contribution in [0.1, 0.15) is 33.1 Å². The summed E-state index contributed by atoms with van der Waals surface area (Å²) in [5.41, 5.74) is 3.35. The van der Waals surface area contributed by atoms with Gasteiger partial charge < -0.3 is 10.2 Å². The van der Waals surface area contributed by atoms with E-state index >= 15 is 0 Å². The van der Waals surface area contributed by atoms with Gasteiger partial charge >= 0.3 is 0 Å². The first-order valence-electron chi connectivity index (χ1n) is 10.0. The lowest BCUT2D eigenvalue weighted by molar-refractivity contribution is 0.169. The van der Waals surface area contributed by atoms with Crippen LogP contribution in [0.15, 0.2) is 41.4 Å². The summed E-state index contributed by atoms with van der Waals surface area (Å²) in [4.78, 5) is 11.8. The van der Waals surface area contributed by atoms with Crippen molar-refractivity contribution in [1.82, 2.24) is 14.9 Å². The first-order chi connectivity index (χ1) is 14.2. The summed E-state index contributed by atoms with van der Waals surface area (Å²) in [5.74, 6) is -0.316. The van der Waals surface area contributed by atoms with Gasteiger partial charge in [-0.2, -0.15) is 0 Å². The largest absolute Gasteiger partial charge is 0.352 e. The van der Waals surface area contributed by atoms with Gasteiger partial charge in [0.1, 0.15) is 10.3 Å². The fourth-order valence-electron chi connectivity index (χ4n) is 3.75. The number of aromatic nitrogens is 2. The van der Waals surface area contributed by atoms with Crippen molar-refractivity contribution in [3.63, 3.8) is 0 Å². The molecular weight excluding hydrogens is 403 g/mol. The van der Waals surface area contributed by atoms with Crippen LogP contribution in [0, 0.1) is 5.82 Å². The van der Waals surface area contributed by atoms with Crippen LogP contribution < -0.4 is 5.32 Å². The average molecular weight is 429 g/mol. The van der Waals surface area contributed by atoms with E-state index in [-0.39, 0.29) is 5.82 Å². The van der Waals surface area contributed by atoms with Gasteiger partial charge in [0.25, 0.3) is 0 Å². The monoisotopic (exact) mass is 428 g/mol. The lowest BCUT2D eigenvalue weighted by Gasteiger charge is -2.31. The van der Waals surface area contributed by atoms with E-state index < -0.39 is 0 Å². The second-order valence-corrected chi connectivity index (χ2v) is 9.00. The van der Waals surface area contributed by atoms with E-state index in [1.807, 2.05) is 23.6 Å². The van der Waals surface area contributed by atoms with Crippen LogP contribution in [0.4, 0.5) is 15.8 Å². The molecule has 7 heteroatoms. The van der Waals surface area contributed by atoms with Gasteiger partial charge in [0.15, 0.2) is 5.82 Å². The smallest absolute Gasteiger partial charge is 0.173 e. The molecule has 5 rings (SSSR count).